The van der Waals surface area contributed by atoms with Gasteiger partial charge in [-0.1, -0.05) is 0 Å². The highest BCUT2D eigenvalue weighted by molar-refractivity contribution is 5.71. The number of aliphatic carboxylic acids is 1. The van der Waals surface area contributed by atoms with Crippen molar-refractivity contribution >= 4 is 5.97 Å². The lowest BCUT2D eigenvalue weighted by molar-refractivity contribution is -0.143. The van der Waals surface area contributed by atoms with E-state index in [9.17, 15) is 4.79 Å². The predicted molar refractivity (Wildman–Crippen MR) is 36.0 cm³/mol. The van der Waals surface area contributed by atoms with Crippen molar-refractivity contribution in [1.82, 2.24) is 0 Å². The van der Waals surface area contributed by atoms with Crippen LogP contribution >= 0.6 is 0 Å². The molecular formula is C8H10O3. The van der Waals surface area contributed by atoms with E-state index in [1.807, 2.05) is 0 Å². The minimum Gasteiger partial charge on any atom is -0.481 e. The molecule has 0 aromatic rings. The van der Waals surface area contributed by atoms with Gasteiger partial charge in [0.15, 0.2) is 0 Å². The first kappa shape index (κ1) is 6.00. The molecule has 0 unspecified atom stereocenters. The van der Waals surface area contributed by atoms with Gasteiger partial charge in [-0.3, -0.25) is 4.79 Å². The van der Waals surface area contributed by atoms with Crippen LogP contribution in [-0.2, 0) is 9.53 Å². The first-order valence-electron chi connectivity index (χ1n) is 4.15. The van der Waals surface area contributed by atoms with E-state index < -0.39 is 5.97 Å². The Morgan fingerprint density at radius 3 is 2.73 bits per heavy atom. The molecule has 1 N–H and O–H groups in total. The summed E-state index contributed by atoms with van der Waals surface area (Å²) in [6, 6.07) is 0. The molecule has 2 bridgehead atoms. The summed E-state index contributed by atoms with van der Waals surface area (Å²) in [5, 5.41) is 8.79. The standard InChI is InChI=1S/C8H10O3/c9-8(10)5-2-6-3-1-4(3)7(5)11-6/h3-7H,1-2H2,(H,9,10)/t3-,4+,5-,6+,7+/m1/s1. The van der Waals surface area contributed by atoms with Gasteiger partial charge in [0.05, 0.1) is 18.1 Å². The summed E-state index contributed by atoms with van der Waals surface area (Å²) in [7, 11) is 0. The molecule has 3 nitrogen and oxygen atoms in total. The average molecular weight is 154 g/mol. The first-order valence-corrected chi connectivity index (χ1v) is 4.15. The van der Waals surface area contributed by atoms with Crippen LogP contribution in [0, 0.1) is 17.8 Å². The van der Waals surface area contributed by atoms with Crippen LogP contribution in [-0.4, -0.2) is 23.3 Å². The molecule has 0 aromatic carbocycles. The summed E-state index contributed by atoms with van der Waals surface area (Å²) in [5.74, 6) is 0.483. The lowest BCUT2D eigenvalue weighted by Gasteiger charge is -2.12. The fraction of sp³-hybridized carbons (Fsp3) is 0.875. The fourth-order valence-corrected chi connectivity index (χ4v) is 2.69. The molecule has 3 heteroatoms. The fourth-order valence-electron chi connectivity index (χ4n) is 2.69. The van der Waals surface area contributed by atoms with E-state index in [0.29, 0.717) is 12.0 Å². The summed E-state index contributed by atoms with van der Waals surface area (Å²) in [6.45, 7) is 0. The third-order valence-corrected chi connectivity index (χ3v) is 3.32. The van der Waals surface area contributed by atoms with Gasteiger partial charge in [0.2, 0.25) is 0 Å². The molecule has 3 fully saturated rings. The third kappa shape index (κ3) is 0.601. The Kier molecular flexibility index (Phi) is 0.876. The van der Waals surface area contributed by atoms with E-state index in [4.69, 9.17) is 9.84 Å². The topological polar surface area (TPSA) is 46.5 Å². The van der Waals surface area contributed by atoms with Gasteiger partial charge in [-0.15, -0.1) is 0 Å². The molecule has 1 aliphatic carbocycles. The van der Waals surface area contributed by atoms with E-state index in [1.54, 1.807) is 0 Å². The van der Waals surface area contributed by atoms with Crippen molar-refractivity contribution < 1.29 is 14.6 Å². The van der Waals surface area contributed by atoms with Crippen LogP contribution < -0.4 is 0 Å². The Bertz CT molecular complexity index is 225. The number of carbonyl (C=O) groups is 1. The van der Waals surface area contributed by atoms with Crippen LogP contribution in [0.25, 0.3) is 0 Å². The number of fused-ring (bicyclic) bond motifs is 5. The molecule has 2 aliphatic heterocycles. The van der Waals surface area contributed by atoms with Crippen molar-refractivity contribution in [3.8, 4) is 0 Å². The third-order valence-electron chi connectivity index (χ3n) is 3.32. The molecule has 60 valence electrons. The highest BCUT2D eigenvalue weighted by Crippen LogP contribution is 2.60. The summed E-state index contributed by atoms with van der Waals surface area (Å²) in [5.41, 5.74) is 0. The van der Waals surface area contributed by atoms with Crippen molar-refractivity contribution in [2.24, 2.45) is 17.8 Å². The molecular weight excluding hydrogens is 144 g/mol. The lowest BCUT2D eigenvalue weighted by atomic mass is 9.89. The Balaban J connectivity index is 1.87. The van der Waals surface area contributed by atoms with Crippen LogP contribution in [0.4, 0.5) is 0 Å². The van der Waals surface area contributed by atoms with Crippen LogP contribution in [0.3, 0.4) is 0 Å². The Hall–Kier alpha value is -0.570. The number of ether oxygens (including phenoxy) is 1. The zero-order chi connectivity index (χ0) is 7.59. The molecule has 11 heavy (non-hydrogen) atoms. The molecule has 3 aliphatic rings. The number of hydrogen-bond acceptors (Lipinski definition) is 2. The molecule has 1 saturated carbocycles. The maximum atomic E-state index is 10.7. The highest BCUT2D eigenvalue weighted by atomic mass is 16.5. The second-order valence-electron chi connectivity index (χ2n) is 3.88. The zero-order valence-electron chi connectivity index (χ0n) is 6.06. The van der Waals surface area contributed by atoms with Gasteiger partial charge in [0.25, 0.3) is 0 Å². The normalized spacial score (nSPS) is 57.6. The van der Waals surface area contributed by atoms with Gasteiger partial charge in [0.1, 0.15) is 0 Å². The SMILES string of the molecule is O=C(O)[C@@H]1C[C@@H]2O[C@H]1[C@H]1C[C@H]12. The second-order valence-corrected chi connectivity index (χ2v) is 3.88. The van der Waals surface area contributed by atoms with Crippen molar-refractivity contribution in [3.63, 3.8) is 0 Å². The second kappa shape index (κ2) is 1.61. The molecule has 0 amide bonds. The smallest absolute Gasteiger partial charge is 0.309 e. The monoisotopic (exact) mass is 154 g/mol. The Morgan fingerprint density at radius 1 is 1.36 bits per heavy atom. The molecule has 2 heterocycles. The lowest BCUT2D eigenvalue weighted by Crippen LogP contribution is -2.26. The highest BCUT2D eigenvalue weighted by Gasteiger charge is 2.64. The molecule has 0 spiro atoms. The van der Waals surface area contributed by atoms with E-state index in [1.165, 1.54) is 6.42 Å². The predicted octanol–water partition coefficient (Wildman–Crippen LogP) is 0.494. The molecule has 5 atom stereocenters. The minimum absolute atomic E-state index is 0.0718. The largest absolute Gasteiger partial charge is 0.481 e. The average Bonchev–Trinajstić information content (AvgIpc) is 2.57. The van der Waals surface area contributed by atoms with Crippen molar-refractivity contribution in [2.45, 2.75) is 25.0 Å². The van der Waals surface area contributed by atoms with Crippen LogP contribution in [0.1, 0.15) is 12.8 Å². The van der Waals surface area contributed by atoms with Crippen LogP contribution in [0.2, 0.25) is 0 Å². The van der Waals surface area contributed by atoms with E-state index >= 15 is 0 Å². The molecule has 3 rings (SSSR count). The van der Waals surface area contributed by atoms with Gasteiger partial charge >= 0.3 is 5.97 Å². The van der Waals surface area contributed by atoms with E-state index in [0.717, 1.165) is 12.3 Å². The van der Waals surface area contributed by atoms with Gasteiger partial charge in [-0.25, -0.2) is 0 Å². The quantitative estimate of drug-likeness (QED) is 0.598. The summed E-state index contributed by atoms with van der Waals surface area (Å²) >= 11 is 0. The maximum absolute atomic E-state index is 10.7. The van der Waals surface area contributed by atoms with Crippen molar-refractivity contribution in [3.05, 3.63) is 0 Å². The minimum atomic E-state index is -0.664. The number of hydrogen-bond donors (Lipinski definition) is 1. The van der Waals surface area contributed by atoms with Gasteiger partial charge in [-0.05, 0) is 24.7 Å². The maximum Gasteiger partial charge on any atom is 0.309 e. The Morgan fingerprint density at radius 2 is 2.18 bits per heavy atom. The van der Waals surface area contributed by atoms with Crippen LogP contribution in [0.5, 0.6) is 0 Å². The molecule has 2 saturated heterocycles. The number of carboxylic acids is 1. The van der Waals surface area contributed by atoms with Crippen LogP contribution in [0.15, 0.2) is 0 Å². The molecule has 0 aromatic heterocycles. The van der Waals surface area contributed by atoms with Gasteiger partial charge in [-0.2, -0.15) is 0 Å². The summed E-state index contributed by atoms with van der Waals surface area (Å²) < 4.78 is 5.53. The Labute approximate surface area is 64.3 Å². The van der Waals surface area contributed by atoms with Crippen molar-refractivity contribution in [1.29, 1.82) is 0 Å². The van der Waals surface area contributed by atoms with Crippen molar-refractivity contribution in [2.75, 3.05) is 0 Å². The van der Waals surface area contributed by atoms with E-state index in [-0.39, 0.29) is 12.0 Å². The summed E-state index contributed by atoms with van der Waals surface area (Å²) in [4.78, 5) is 10.7. The zero-order valence-corrected chi connectivity index (χ0v) is 6.06. The molecule has 0 radical (unpaired) electrons. The summed E-state index contributed by atoms with van der Waals surface area (Å²) in [6.07, 6.45) is 2.36. The van der Waals surface area contributed by atoms with Gasteiger partial charge < -0.3 is 9.84 Å². The van der Waals surface area contributed by atoms with Gasteiger partial charge in [0, 0.05) is 0 Å². The number of carboxylic acid groups (broad SMARTS) is 1. The first-order chi connectivity index (χ1) is 5.27. The number of rotatable bonds is 1. The van der Waals surface area contributed by atoms with E-state index in [2.05, 4.69) is 0 Å².